The number of nitrogens with two attached hydrogens (primary N) is 1. The average molecular weight is 133 g/mol. The highest BCUT2D eigenvalue weighted by atomic mass is 16.6. The first-order valence-electron chi connectivity index (χ1n) is 2.77. The van der Waals surface area contributed by atoms with E-state index in [1.807, 2.05) is 0 Å². The second kappa shape index (κ2) is 4.14. The van der Waals surface area contributed by atoms with Crippen LogP contribution in [0.15, 0.2) is 0 Å². The van der Waals surface area contributed by atoms with E-state index >= 15 is 0 Å². The predicted octanol–water partition coefficient (Wildman–Crippen LogP) is -0.147. The summed E-state index contributed by atoms with van der Waals surface area (Å²) in [6.45, 7) is 1.63. The maximum absolute atomic E-state index is 10.0. The molecule has 0 rings (SSSR count). The van der Waals surface area contributed by atoms with Crippen LogP contribution in [-0.2, 0) is 4.74 Å². The Labute approximate surface area is 53.6 Å². The van der Waals surface area contributed by atoms with Gasteiger partial charge >= 0.3 is 6.09 Å². The maximum atomic E-state index is 10.0. The summed E-state index contributed by atoms with van der Waals surface area (Å²) in [4.78, 5) is 10.0. The van der Waals surface area contributed by atoms with Crippen molar-refractivity contribution < 1.29 is 14.6 Å². The zero-order chi connectivity index (χ0) is 7.28. The molecule has 1 atom stereocenters. The standard InChI is InChI=1S/C5H11NO3/c1-2-4(3-7)9-5(6)8/h4,7H,2-3H2,1H3,(H2,6,8)/t4-/m0/s1. The van der Waals surface area contributed by atoms with Gasteiger partial charge in [-0.2, -0.15) is 0 Å². The zero-order valence-electron chi connectivity index (χ0n) is 5.33. The molecule has 1 amide bonds. The van der Waals surface area contributed by atoms with Crippen molar-refractivity contribution in [2.24, 2.45) is 5.73 Å². The number of hydrogen-bond donors (Lipinski definition) is 2. The van der Waals surface area contributed by atoms with Crippen LogP contribution in [0.2, 0.25) is 0 Å². The molecule has 0 aliphatic rings. The summed E-state index contributed by atoms with van der Waals surface area (Å²) in [5, 5.41) is 8.44. The van der Waals surface area contributed by atoms with Gasteiger partial charge in [0.25, 0.3) is 0 Å². The van der Waals surface area contributed by atoms with Crippen molar-refractivity contribution in [3.63, 3.8) is 0 Å². The smallest absolute Gasteiger partial charge is 0.404 e. The van der Waals surface area contributed by atoms with Crippen LogP contribution in [0.1, 0.15) is 13.3 Å². The molecule has 0 radical (unpaired) electrons. The summed E-state index contributed by atoms with van der Waals surface area (Å²) in [5.74, 6) is 0. The van der Waals surface area contributed by atoms with Crippen molar-refractivity contribution in [2.45, 2.75) is 19.4 Å². The Bertz CT molecular complexity index is 90.2. The monoisotopic (exact) mass is 133 g/mol. The van der Waals surface area contributed by atoms with Crippen LogP contribution in [0.5, 0.6) is 0 Å². The van der Waals surface area contributed by atoms with Gasteiger partial charge in [-0.3, -0.25) is 0 Å². The molecule has 9 heavy (non-hydrogen) atoms. The van der Waals surface area contributed by atoms with Crippen molar-refractivity contribution >= 4 is 6.09 Å². The lowest BCUT2D eigenvalue weighted by atomic mass is 10.3. The third-order valence-electron chi connectivity index (χ3n) is 0.942. The van der Waals surface area contributed by atoms with Crippen molar-refractivity contribution in [2.75, 3.05) is 6.61 Å². The van der Waals surface area contributed by atoms with Crippen LogP contribution in [0.4, 0.5) is 4.79 Å². The molecule has 0 aromatic carbocycles. The Morgan fingerprint density at radius 1 is 1.89 bits per heavy atom. The molecule has 0 aromatic heterocycles. The van der Waals surface area contributed by atoms with Gasteiger partial charge in [0.15, 0.2) is 0 Å². The molecule has 0 bridgehead atoms. The first-order chi connectivity index (χ1) is 4.20. The number of aliphatic hydroxyl groups excluding tert-OH is 1. The molecule has 4 nitrogen and oxygen atoms in total. The summed E-state index contributed by atoms with van der Waals surface area (Å²) < 4.78 is 4.44. The lowest BCUT2D eigenvalue weighted by Gasteiger charge is -2.09. The number of carbonyl (C=O) groups is 1. The van der Waals surface area contributed by atoms with Gasteiger partial charge in [0.1, 0.15) is 6.10 Å². The predicted molar refractivity (Wildman–Crippen MR) is 31.8 cm³/mol. The van der Waals surface area contributed by atoms with Gasteiger partial charge in [0.2, 0.25) is 0 Å². The molecule has 3 N–H and O–H groups in total. The molecular formula is C5H11NO3. The van der Waals surface area contributed by atoms with Gasteiger partial charge in [-0.05, 0) is 6.42 Å². The molecular weight excluding hydrogens is 122 g/mol. The second-order valence-electron chi connectivity index (χ2n) is 1.65. The number of primary amides is 1. The molecule has 0 spiro atoms. The number of carbonyl (C=O) groups excluding carboxylic acids is 1. The highest BCUT2D eigenvalue weighted by Crippen LogP contribution is 1.94. The summed E-state index contributed by atoms with van der Waals surface area (Å²) in [6.07, 6.45) is -0.696. The Morgan fingerprint density at radius 2 is 2.44 bits per heavy atom. The largest absolute Gasteiger partial charge is 0.444 e. The first kappa shape index (κ1) is 8.23. The van der Waals surface area contributed by atoms with Gasteiger partial charge in [-0.15, -0.1) is 0 Å². The summed E-state index contributed by atoms with van der Waals surface area (Å²) in [7, 11) is 0. The van der Waals surface area contributed by atoms with E-state index in [0.29, 0.717) is 6.42 Å². The highest BCUT2D eigenvalue weighted by Gasteiger charge is 2.06. The molecule has 0 aliphatic carbocycles. The Hall–Kier alpha value is -0.770. The molecule has 0 saturated heterocycles. The Morgan fingerprint density at radius 3 is 2.56 bits per heavy atom. The fourth-order valence-corrected chi connectivity index (χ4v) is 0.414. The van der Waals surface area contributed by atoms with E-state index in [2.05, 4.69) is 10.5 Å². The van der Waals surface area contributed by atoms with Crippen LogP contribution >= 0.6 is 0 Å². The molecule has 0 heterocycles. The molecule has 0 aromatic rings. The van der Waals surface area contributed by atoms with Crippen LogP contribution < -0.4 is 5.73 Å². The van der Waals surface area contributed by atoms with Crippen LogP contribution in [-0.4, -0.2) is 23.9 Å². The van der Waals surface area contributed by atoms with Crippen molar-refractivity contribution in [3.05, 3.63) is 0 Å². The van der Waals surface area contributed by atoms with Gasteiger partial charge in [0.05, 0.1) is 6.61 Å². The normalized spacial score (nSPS) is 12.7. The van der Waals surface area contributed by atoms with E-state index in [1.54, 1.807) is 6.92 Å². The van der Waals surface area contributed by atoms with Gasteiger partial charge < -0.3 is 15.6 Å². The molecule has 4 heteroatoms. The molecule has 0 aliphatic heterocycles. The number of hydrogen-bond acceptors (Lipinski definition) is 3. The van der Waals surface area contributed by atoms with E-state index < -0.39 is 12.2 Å². The van der Waals surface area contributed by atoms with Crippen LogP contribution in [0, 0.1) is 0 Å². The average Bonchev–Trinajstić information content (AvgIpc) is 1.82. The number of rotatable bonds is 3. The molecule has 0 unspecified atom stereocenters. The van der Waals surface area contributed by atoms with E-state index in [0.717, 1.165) is 0 Å². The first-order valence-corrected chi connectivity index (χ1v) is 2.77. The summed E-state index contributed by atoms with van der Waals surface area (Å²) in [5.41, 5.74) is 4.67. The maximum Gasteiger partial charge on any atom is 0.404 e. The van der Waals surface area contributed by atoms with E-state index in [1.165, 1.54) is 0 Å². The Balaban J connectivity index is 3.43. The van der Waals surface area contributed by atoms with Crippen molar-refractivity contribution in [1.29, 1.82) is 0 Å². The number of ether oxygens (including phenoxy) is 1. The molecule has 54 valence electrons. The van der Waals surface area contributed by atoms with Crippen molar-refractivity contribution in [1.82, 2.24) is 0 Å². The van der Waals surface area contributed by atoms with E-state index in [4.69, 9.17) is 5.11 Å². The van der Waals surface area contributed by atoms with Gasteiger partial charge in [-0.25, -0.2) is 4.79 Å². The Kier molecular flexibility index (Phi) is 3.79. The van der Waals surface area contributed by atoms with Crippen molar-refractivity contribution in [3.8, 4) is 0 Å². The third kappa shape index (κ3) is 3.78. The SMILES string of the molecule is CC[C@@H](CO)OC(N)=O. The fourth-order valence-electron chi connectivity index (χ4n) is 0.414. The molecule has 0 fully saturated rings. The van der Waals surface area contributed by atoms with E-state index in [9.17, 15) is 4.79 Å². The molecule has 0 saturated carbocycles. The minimum Gasteiger partial charge on any atom is -0.444 e. The lowest BCUT2D eigenvalue weighted by molar-refractivity contribution is 0.0615. The second-order valence-corrected chi connectivity index (χ2v) is 1.65. The minimum atomic E-state index is -0.837. The summed E-state index contributed by atoms with van der Waals surface area (Å²) >= 11 is 0. The van der Waals surface area contributed by atoms with Gasteiger partial charge in [0, 0.05) is 0 Å². The zero-order valence-corrected chi connectivity index (χ0v) is 5.33. The van der Waals surface area contributed by atoms with E-state index in [-0.39, 0.29) is 6.61 Å². The third-order valence-corrected chi connectivity index (χ3v) is 0.942. The minimum absolute atomic E-state index is 0.167. The van der Waals surface area contributed by atoms with Crippen LogP contribution in [0.3, 0.4) is 0 Å². The summed E-state index contributed by atoms with van der Waals surface area (Å²) in [6, 6.07) is 0. The quantitative estimate of drug-likeness (QED) is 0.562. The highest BCUT2D eigenvalue weighted by molar-refractivity contribution is 5.64. The number of amides is 1. The van der Waals surface area contributed by atoms with Gasteiger partial charge in [-0.1, -0.05) is 6.92 Å². The topological polar surface area (TPSA) is 72.6 Å². The number of aliphatic hydroxyl groups is 1. The fraction of sp³-hybridized carbons (Fsp3) is 0.800. The van der Waals surface area contributed by atoms with Crippen LogP contribution in [0.25, 0.3) is 0 Å². The lowest BCUT2D eigenvalue weighted by Crippen LogP contribution is -2.24.